The second-order valence-corrected chi connectivity index (χ2v) is 5.28. The van der Waals surface area contributed by atoms with Gasteiger partial charge >= 0.3 is 0 Å². The van der Waals surface area contributed by atoms with Crippen LogP contribution in [0.3, 0.4) is 0 Å². The highest BCUT2D eigenvalue weighted by Crippen LogP contribution is 2.19. The lowest BCUT2D eigenvalue weighted by Gasteiger charge is -2.24. The summed E-state index contributed by atoms with van der Waals surface area (Å²) in [6.07, 6.45) is 2.20. The SMILES string of the molecule is CCCNC(CN(C)CC)c1ccc(OCCC)cc1. The third-order valence-corrected chi connectivity index (χ3v) is 3.43. The summed E-state index contributed by atoms with van der Waals surface area (Å²) < 4.78 is 5.64. The predicted octanol–water partition coefficient (Wildman–Crippen LogP) is 3.47. The molecule has 0 fully saturated rings. The van der Waals surface area contributed by atoms with E-state index in [4.69, 9.17) is 4.74 Å². The molecule has 0 aliphatic rings. The number of ether oxygens (including phenoxy) is 1. The first kappa shape index (κ1) is 17.0. The molecule has 0 radical (unpaired) electrons. The minimum absolute atomic E-state index is 0.389. The average Bonchev–Trinajstić information content (AvgIpc) is 2.49. The quantitative estimate of drug-likeness (QED) is 0.709. The Morgan fingerprint density at radius 2 is 1.80 bits per heavy atom. The van der Waals surface area contributed by atoms with Gasteiger partial charge in [0.05, 0.1) is 6.61 Å². The van der Waals surface area contributed by atoms with Crippen molar-refractivity contribution in [1.82, 2.24) is 10.2 Å². The molecule has 1 unspecified atom stereocenters. The van der Waals surface area contributed by atoms with E-state index in [9.17, 15) is 0 Å². The largest absolute Gasteiger partial charge is 0.494 e. The lowest BCUT2D eigenvalue weighted by atomic mass is 10.1. The molecule has 1 N–H and O–H groups in total. The van der Waals surface area contributed by atoms with E-state index in [1.165, 1.54) is 5.56 Å². The van der Waals surface area contributed by atoms with Crippen molar-refractivity contribution in [3.8, 4) is 5.75 Å². The molecule has 0 spiro atoms. The van der Waals surface area contributed by atoms with Gasteiger partial charge in [0, 0.05) is 12.6 Å². The molecule has 0 heterocycles. The van der Waals surface area contributed by atoms with Crippen molar-refractivity contribution in [2.45, 2.75) is 39.7 Å². The summed E-state index contributed by atoms with van der Waals surface area (Å²) in [6, 6.07) is 8.92. The molecule has 1 aromatic rings. The minimum Gasteiger partial charge on any atom is -0.494 e. The van der Waals surface area contributed by atoms with E-state index in [-0.39, 0.29) is 0 Å². The zero-order chi connectivity index (χ0) is 14.8. The van der Waals surface area contributed by atoms with Crippen molar-refractivity contribution < 1.29 is 4.74 Å². The Balaban J connectivity index is 2.68. The second kappa shape index (κ2) is 9.78. The number of likely N-dealkylation sites (N-methyl/N-ethyl adjacent to an activating group) is 1. The van der Waals surface area contributed by atoms with Crippen LogP contribution < -0.4 is 10.1 Å². The number of benzene rings is 1. The van der Waals surface area contributed by atoms with Crippen LogP contribution in [0.15, 0.2) is 24.3 Å². The molecule has 1 aromatic carbocycles. The van der Waals surface area contributed by atoms with Crippen LogP contribution in [-0.4, -0.2) is 38.2 Å². The van der Waals surface area contributed by atoms with Gasteiger partial charge in [0.15, 0.2) is 0 Å². The molecule has 0 aliphatic carbocycles. The maximum Gasteiger partial charge on any atom is 0.119 e. The molecule has 1 rings (SSSR count). The van der Waals surface area contributed by atoms with E-state index in [1.54, 1.807) is 0 Å². The standard InChI is InChI=1S/C17H30N2O/c1-5-12-18-17(14-19(4)7-3)15-8-10-16(11-9-15)20-13-6-2/h8-11,17-18H,5-7,12-14H2,1-4H3. The first-order valence-corrected chi connectivity index (χ1v) is 7.85. The van der Waals surface area contributed by atoms with Gasteiger partial charge in [-0.05, 0) is 50.7 Å². The monoisotopic (exact) mass is 278 g/mol. The van der Waals surface area contributed by atoms with Crippen LogP contribution in [0.1, 0.15) is 45.2 Å². The van der Waals surface area contributed by atoms with E-state index in [2.05, 4.69) is 62.3 Å². The van der Waals surface area contributed by atoms with Gasteiger partial charge in [-0.2, -0.15) is 0 Å². The van der Waals surface area contributed by atoms with Crippen molar-refractivity contribution >= 4 is 0 Å². The second-order valence-electron chi connectivity index (χ2n) is 5.28. The van der Waals surface area contributed by atoms with Crippen LogP contribution >= 0.6 is 0 Å². The van der Waals surface area contributed by atoms with Gasteiger partial charge in [0.1, 0.15) is 5.75 Å². The molecule has 20 heavy (non-hydrogen) atoms. The van der Waals surface area contributed by atoms with Crippen LogP contribution in [0.5, 0.6) is 5.75 Å². The first-order chi connectivity index (χ1) is 9.71. The Labute approximate surface area is 124 Å². The van der Waals surface area contributed by atoms with Crippen LogP contribution in [-0.2, 0) is 0 Å². The normalized spacial score (nSPS) is 12.7. The van der Waals surface area contributed by atoms with Crippen LogP contribution in [0.25, 0.3) is 0 Å². The molecule has 114 valence electrons. The van der Waals surface area contributed by atoms with Gasteiger partial charge < -0.3 is 15.0 Å². The predicted molar refractivity (Wildman–Crippen MR) is 86.4 cm³/mol. The smallest absolute Gasteiger partial charge is 0.119 e. The fourth-order valence-electron chi connectivity index (χ4n) is 2.06. The number of rotatable bonds is 10. The van der Waals surface area contributed by atoms with Gasteiger partial charge in [0.25, 0.3) is 0 Å². The summed E-state index contributed by atoms with van der Waals surface area (Å²) in [7, 11) is 2.17. The third-order valence-electron chi connectivity index (χ3n) is 3.43. The Bertz CT molecular complexity index is 351. The number of nitrogens with one attached hydrogen (secondary N) is 1. The Kier molecular flexibility index (Phi) is 8.31. The molecular weight excluding hydrogens is 248 g/mol. The highest BCUT2D eigenvalue weighted by molar-refractivity contribution is 5.29. The fourth-order valence-corrected chi connectivity index (χ4v) is 2.06. The number of hydrogen-bond donors (Lipinski definition) is 1. The van der Waals surface area contributed by atoms with Gasteiger partial charge in [0.2, 0.25) is 0 Å². The van der Waals surface area contributed by atoms with E-state index in [0.29, 0.717) is 6.04 Å². The molecule has 0 aliphatic heterocycles. The van der Waals surface area contributed by atoms with Crippen molar-refractivity contribution in [1.29, 1.82) is 0 Å². The van der Waals surface area contributed by atoms with Gasteiger partial charge in [-0.3, -0.25) is 0 Å². The van der Waals surface area contributed by atoms with E-state index in [1.807, 2.05) is 0 Å². The first-order valence-electron chi connectivity index (χ1n) is 7.85. The maximum atomic E-state index is 5.64. The zero-order valence-electron chi connectivity index (χ0n) is 13.5. The lowest BCUT2D eigenvalue weighted by molar-refractivity contribution is 0.302. The van der Waals surface area contributed by atoms with Crippen molar-refractivity contribution in [3.05, 3.63) is 29.8 Å². The molecule has 0 saturated carbocycles. The van der Waals surface area contributed by atoms with E-state index < -0.39 is 0 Å². The molecule has 3 nitrogen and oxygen atoms in total. The van der Waals surface area contributed by atoms with Crippen LogP contribution in [0, 0.1) is 0 Å². The van der Waals surface area contributed by atoms with E-state index in [0.717, 1.165) is 44.8 Å². The van der Waals surface area contributed by atoms with Gasteiger partial charge in [-0.1, -0.05) is 32.9 Å². The van der Waals surface area contributed by atoms with Crippen LogP contribution in [0.2, 0.25) is 0 Å². The average molecular weight is 278 g/mol. The van der Waals surface area contributed by atoms with Crippen LogP contribution in [0.4, 0.5) is 0 Å². The summed E-state index contributed by atoms with van der Waals surface area (Å²) in [5.41, 5.74) is 1.34. The van der Waals surface area contributed by atoms with Crippen molar-refractivity contribution in [2.24, 2.45) is 0 Å². The summed E-state index contributed by atoms with van der Waals surface area (Å²) in [4.78, 5) is 2.34. The molecule has 0 bridgehead atoms. The Morgan fingerprint density at radius 1 is 1.10 bits per heavy atom. The number of nitrogens with zero attached hydrogens (tertiary/aromatic N) is 1. The molecule has 0 aromatic heterocycles. The van der Waals surface area contributed by atoms with Crippen molar-refractivity contribution in [3.63, 3.8) is 0 Å². The Morgan fingerprint density at radius 3 is 2.35 bits per heavy atom. The number of hydrogen-bond acceptors (Lipinski definition) is 3. The summed E-state index contributed by atoms with van der Waals surface area (Å²) in [5, 5.41) is 3.63. The van der Waals surface area contributed by atoms with Gasteiger partial charge in [-0.25, -0.2) is 0 Å². The van der Waals surface area contributed by atoms with Gasteiger partial charge in [-0.15, -0.1) is 0 Å². The molecule has 0 amide bonds. The summed E-state index contributed by atoms with van der Waals surface area (Å²) in [5.74, 6) is 0.966. The summed E-state index contributed by atoms with van der Waals surface area (Å²) in [6.45, 7) is 10.5. The topological polar surface area (TPSA) is 24.5 Å². The van der Waals surface area contributed by atoms with Crippen molar-refractivity contribution in [2.75, 3.05) is 33.3 Å². The Hall–Kier alpha value is -1.06. The molecule has 3 heteroatoms. The summed E-state index contributed by atoms with van der Waals surface area (Å²) >= 11 is 0. The zero-order valence-corrected chi connectivity index (χ0v) is 13.5. The minimum atomic E-state index is 0.389. The molecule has 0 saturated heterocycles. The van der Waals surface area contributed by atoms with E-state index >= 15 is 0 Å². The molecule has 1 atom stereocenters. The fraction of sp³-hybridized carbons (Fsp3) is 0.647. The third kappa shape index (κ3) is 5.93. The molecular formula is C17H30N2O. The maximum absolute atomic E-state index is 5.64. The lowest BCUT2D eigenvalue weighted by Crippen LogP contribution is -2.33. The highest BCUT2D eigenvalue weighted by atomic mass is 16.5. The highest BCUT2D eigenvalue weighted by Gasteiger charge is 2.12.